The molecule has 0 aromatic carbocycles. The number of carbonyl (C=O) groups is 1. The van der Waals surface area contributed by atoms with E-state index in [2.05, 4.69) is 18.7 Å². The second-order valence-corrected chi connectivity index (χ2v) is 6.03. The molecule has 2 aliphatic rings. The minimum absolute atomic E-state index is 0.222. The van der Waals surface area contributed by atoms with Crippen molar-refractivity contribution in [3.8, 4) is 0 Å². The number of carbonyl (C=O) groups excluding carboxylic acids is 1. The topological polar surface area (TPSA) is 43.8 Å². The Morgan fingerprint density at radius 1 is 1.28 bits per heavy atom. The third-order valence-electron chi connectivity index (χ3n) is 4.11. The second kappa shape index (κ2) is 6.02. The number of aliphatic hydroxyl groups excluding tert-OH is 1. The lowest BCUT2D eigenvalue weighted by Crippen LogP contribution is -2.56. The summed E-state index contributed by atoms with van der Waals surface area (Å²) in [6.45, 7) is 6.01. The Labute approximate surface area is 110 Å². The molecule has 1 heterocycles. The molecule has 0 bridgehead atoms. The number of likely N-dealkylation sites (tertiary alicyclic amines) is 1. The quantitative estimate of drug-likeness (QED) is 0.820. The van der Waals surface area contributed by atoms with Crippen molar-refractivity contribution in [3.63, 3.8) is 0 Å². The highest BCUT2D eigenvalue weighted by Crippen LogP contribution is 2.24. The predicted octanol–water partition coefficient (Wildman–Crippen LogP) is 1.23. The van der Waals surface area contributed by atoms with Crippen LogP contribution in [0.2, 0.25) is 0 Å². The smallest absolute Gasteiger partial charge is 0.237 e. The van der Waals surface area contributed by atoms with Gasteiger partial charge in [-0.25, -0.2) is 0 Å². The maximum absolute atomic E-state index is 12.4. The lowest BCUT2D eigenvalue weighted by Gasteiger charge is -2.41. The van der Waals surface area contributed by atoms with E-state index in [0.29, 0.717) is 25.7 Å². The van der Waals surface area contributed by atoms with Gasteiger partial charge in [0.25, 0.3) is 0 Å². The molecular weight excluding hydrogens is 228 g/mol. The van der Waals surface area contributed by atoms with Crippen molar-refractivity contribution in [1.29, 1.82) is 0 Å². The van der Waals surface area contributed by atoms with E-state index in [1.807, 2.05) is 4.90 Å². The Morgan fingerprint density at radius 2 is 1.89 bits per heavy atom. The minimum atomic E-state index is -0.222. The van der Waals surface area contributed by atoms with E-state index in [9.17, 15) is 9.90 Å². The Bertz CT molecular complexity index is 282. The minimum Gasteiger partial charge on any atom is -0.390 e. The van der Waals surface area contributed by atoms with Gasteiger partial charge in [0, 0.05) is 25.2 Å². The van der Waals surface area contributed by atoms with Gasteiger partial charge in [-0.05, 0) is 26.7 Å². The van der Waals surface area contributed by atoms with Gasteiger partial charge >= 0.3 is 0 Å². The summed E-state index contributed by atoms with van der Waals surface area (Å²) in [7, 11) is 0. The standard InChI is InChI=1S/C14H26N2O2/c1-11(2)16(12-6-4-3-5-7-12)14(18)10-15-8-13(17)9-15/h11-13,17H,3-10H2,1-2H3. The average molecular weight is 254 g/mol. The monoisotopic (exact) mass is 254 g/mol. The summed E-state index contributed by atoms with van der Waals surface area (Å²) in [6.07, 6.45) is 5.92. The molecule has 1 saturated carbocycles. The number of amides is 1. The molecule has 0 atom stereocenters. The molecule has 1 aliphatic carbocycles. The Balaban J connectivity index is 1.89. The van der Waals surface area contributed by atoms with Gasteiger partial charge < -0.3 is 10.0 Å². The van der Waals surface area contributed by atoms with Crippen molar-refractivity contribution < 1.29 is 9.90 Å². The molecule has 0 unspecified atom stereocenters. The van der Waals surface area contributed by atoms with Gasteiger partial charge in [-0.3, -0.25) is 9.69 Å². The van der Waals surface area contributed by atoms with E-state index in [-0.39, 0.29) is 18.1 Å². The van der Waals surface area contributed by atoms with Crippen molar-refractivity contribution >= 4 is 5.91 Å². The fraction of sp³-hybridized carbons (Fsp3) is 0.929. The summed E-state index contributed by atoms with van der Waals surface area (Å²) < 4.78 is 0. The van der Waals surface area contributed by atoms with Crippen LogP contribution in [-0.4, -0.2) is 58.6 Å². The molecule has 0 aromatic rings. The summed E-state index contributed by atoms with van der Waals surface area (Å²) in [5.41, 5.74) is 0. The van der Waals surface area contributed by atoms with Gasteiger partial charge in [0.15, 0.2) is 0 Å². The van der Waals surface area contributed by atoms with Crippen molar-refractivity contribution in [2.45, 2.75) is 64.1 Å². The van der Waals surface area contributed by atoms with Crippen LogP contribution in [-0.2, 0) is 4.79 Å². The van der Waals surface area contributed by atoms with Gasteiger partial charge in [0.1, 0.15) is 0 Å². The molecular formula is C14H26N2O2. The van der Waals surface area contributed by atoms with Crippen LogP contribution in [0.3, 0.4) is 0 Å². The Hall–Kier alpha value is -0.610. The number of nitrogens with zero attached hydrogens (tertiary/aromatic N) is 2. The number of hydrogen-bond donors (Lipinski definition) is 1. The average Bonchev–Trinajstić information content (AvgIpc) is 2.28. The Morgan fingerprint density at radius 3 is 2.39 bits per heavy atom. The molecule has 0 aromatic heterocycles. The van der Waals surface area contributed by atoms with Gasteiger partial charge in [-0.15, -0.1) is 0 Å². The van der Waals surface area contributed by atoms with E-state index in [1.165, 1.54) is 19.3 Å². The molecule has 104 valence electrons. The van der Waals surface area contributed by atoms with Crippen LogP contribution in [0.5, 0.6) is 0 Å². The van der Waals surface area contributed by atoms with Crippen molar-refractivity contribution in [3.05, 3.63) is 0 Å². The van der Waals surface area contributed by atoms with Crippen LogP contribution in [0, 0.1) is 0 Å². The van der Waals surface area contributed by atoms with E-state index in [0.717, 1.165) is 12.8 Å². The lowest BCUT2D eigenvalue weighted by molar-refractivity contribution is -0.140. The highest BCUT2D eigenvalue weighted by Gasteiger charge is 2.31. The predicted molar refractivity (Wildman–Crippen MR) is 71.3 cm³/mol. The molecule has 0 radical (unpaired) electrons. The van der Waals surface area contributed by atoms with Crippen LogP contribution in [0.25, 0.3) is 0 Å². The number of aliphatic hydroxyl groups is 1. The molecule has 4 heteroatoms. The molecule has 0 spiro atoms. The van der Waals surface area contributed by atoms with Crippen LogP contribution < -0.4 is 0 Å². The highest BCUT2D eigenvalue weighted by molar-refractivity contribution is 5.79. The first-order valence-electron chi connectivity index (χ1n) is 7.29. The second-order valence-electron chi connectivity index (χ2n) is 6.03. The highest BCUT2D eigenvalue weighted by atomic mass is 16.3. The maximum Gasteiger partial charge on any atom is 0.237 e. The molecule has 2 rings (SSSR count). The molecule has 18 heavy (non-hydrogen) atoms. The largest absolute Gasteiger partial charge is 0.390 e. The van der Waals surface area contributed by atoms with Gasteiger partial charge in [0.05, 0.1) is 12.6 Å². The number of β-amino-alcohol motifs (C(OH)–C–C–N with tert-alkyl or cyclic N) is 1. The lowest BCUT2D eigenvalue weighted by atomic mass is 9.93. The molecule has 1 saturated heterocycles. The fourth-order valence-electron chi connectivity index (χ4n) is 3.22. The van der Waals surface area contributed by atoms with Crippen LogP contribution in [0.1, 0.15) is 46.0 Å². The number of hydrogen-bond acceptors (Lipinski definition) is 3. The molecule has 1 N–H and O–H groups in total. The molecule has 2 fully saturated rings. The fourth-order valence-corrected chi connectivity index (χ4v) is 3.22. The van der Waals surface area contributed by atoms with E-state index in [1.54, 1.807) is 0 Å². The third kappa shape index (κ3) is 3.23. The van der Waals surface area contributed by atoms with E-state index >= 15 is 0 Å². The van der Waals surface area contributed by atoms with Crippen LogP contribution in [0.15, 0.2) is 0 Å². The van der Waals surface area contributed by atoms with Crippen molar-refractivity contribution in [2.75, 3.05) is 19.6 Å². The van der Waals surface area contributed by atoms with E-state index < -0.39 is 0 Å². The van der Waals surface area contributed by atoms with Crippen LogP contribution in [0.4, 0.5) is 0 Å². The zero-order valence-electron chi connectivity index (χ0n) is 11.6. The van der Waals surface area contributed by atoms with Crippen molar-refractivity contribution in [2.24, 2.45) is 0 Å². The summed E-state index contributed by atoms with van der Waals surface area (Å²) in [6, 6.07) is 0.726. The summed E-state index contributed by atoms with van der Waals surface area (Å²) in [5, 5.41) is 9.26. The van der Waals surface area contributed by atoms with Gasteiger partial charge in [-0.2, -0.15) is 0 Å². The summed E-state index contributed by atoms with van der Waals surface area (Å²) in [4.78, 5) is 16.5. The first-order chi connectivity index (χ1) is 8.58. The molecule has 4 nitrogen and oxygen atoms in total. The normalized spacial score (nSPS) is 23.1. The SMILES string of the molecule is CC(C)N(C(=O)CN1CC(O)C1)C1CCCCC1. The summed E-state index contributed by atoms with van der Waals surface area (Å²) >= 11 is 0. The maximum atomic E-state index is 12.4. The molecule has 1 amide bonds. The van der Waals surface area contributed by atoms with Gasteiger partial charge in [0.2, 0.25) is 5.91 Å². The zero-order valence-corrected chi connectivity index (χ0v) is 11.6. The first kappa shape index (κ1) is 13.8. The van der Waals surface area contributed by atoms with Gasteiger partial charge in [-0.1, -0.05) is 19.3 Å². The number of rotatable bonds is 4. The molecule has 1 aliphatic heterocycles. The Kier molecular flexibility index (Phi) is 4.62. The van der Waals surface area contributed by atoms with Crippen molar-refractivity contribution in [1.82, 2.24) is 9.80 Å². The van der Waals surface area contributed by atoms with Crippen LogP contribution >= 0.6 is 0 Å². The first-order valence-corrected chi connectivity index (χ1v) is 7.29. The van der Waals surface area contributed by atoms with E-state index in [4.69, 9.17) is 0 Å². The summed E-state index contributed by atoms with van der Waals surface area (Å²) in [5.74, 6) is 0.240. The third-order valence-corrected chi connectivity index (χ3v) is 4.11. The zero-order chi connectivity index (χ0) is 13.1.